The van der Waals surface area contributed by atoms with Gasteiger partial charge in [0.2, 0.25) is 11.8 Å². The first-order valence-corrected chi connectivity index (χ1v) is 8.58. The van der Waals surface area contributed by atoms with Crippen molar-refractivity contribution in [1.82, 2.24) is 5.32 Å². The molecular formula is C17H27N2O4. The quantitative estimate of drug-likeness (QED) is 0.733. The maximum Gasteiger partial charge on any atom is 0.224 e. The first-order valence-electron chi connectivity index (χ1n) is 8.58. The molecule has 2 amide bonds. The van der Waals surface area contributed by atoms with Crippen molar-refractivity contribution in [3.8, 4) is 0 Å². The smallest absolute Gasteiger partial charge is 0.224 e. The number of primary amides is 1. The molecule has 2 aliphatic rings. The number of rotatable bonds is 7. The Balaban J connectivity index is 1.80. The topological polar surface area (TPSA) is 98.5 Å². The Kier molecular flexibility index (Phi) is 7.02. The van der Waals surface area contributed by atoms with E-state index in [-0.39, 0.29) is 30.6 Å². The van der Waals surface area contributed by atoms with Gasteiger partial charge in [0.1, 0.15) is 6.61 Å². The van der Waals surface area contributed by atoms with E-state index in [1.807, 2.05) is 0 Å². The maximum atomic E-state index is 12.1. The van der Waals surface area contributed by atoms with Crippen molar-refractivity contribution in [2.24, 2.45) is 17.6 Å². The number of nitrogens with two attached hydrogens (primary N) is 1. The Morgan fingerprint density at radius 1 is 1.26 bits per heavy atom. The summed E-state index contributed by atoms with van der Waals surface area (Å²) in [5.74, 6) is -0.330. The predicted octanol–water partition coefficient (Wildman–Crippen LogP) is 1.13. The number of ketones is 1. The van der Waals surface area contributed by atoms with Gasteiger partial charge in [-0.05, 0) is 18.8 Å². The lowest BCUT2D eigenvalue weighted by Gasteiger charge is -2.31. The van der Waals surface area contributed by atoms with Crippen molar-refractivity contribution in [3.63, 3.8) is 0 Å². The van der Waals surface area contributed by atoms with Gasteiger partial charge >= 0.3 is 0 Å². The number of hydrogen-bond donors (Lipinski definition) is 2. The molecule has 1 saturated heterocycles. The number of Topliss-reactive ketones (excluding diaryl/α,β-unsaturated/α-hetero) is 1. The van der Waals surface area contributed by atoms with Gasteiger partial charge in [0.15, 0.2) is 5.78 Å². The standard InChI is InChI=1S/C17H27N2O4/c18-15(21)8-7-13-10-23-11-14(20)17(13)19-16(22)9-6-12-4-2-1-3-5-12/h9,12-13,17H,1-8,10-11H2,(H2,18,21)(H,19,22). The number of nitrogens with one attached hydrogen (secondary N) is 1. The molecule has 2 atom stereocenters. The van der Waals surface area contributed by atoms with Crippen LogP contribution in [0.1, 0.15) is 51.4 Å². The van der Waals surface area contributed by atoms with Crippen LogP contribution in [0, 0.1) is 18.3 Å². The average Bonchev–Trinajstić information content (AvgIpc) is 2.54. The summed E-state index contributed by atoms with van der Waals surface area (Å²) in [5.41, 5.74) is 5.16. The number of carbonyl (C=O) groups is 3. The summed E-state index contributed by atoms with van der Waals surface area (Å²) in [5, 5.41) is 2.81. The molecule has 6 heteroatoms. The highest BCUT2D eigenvalue weighted by Crippen LogP contribution is 2.27. The van der Waals surface area contributed by atoms with Crippen molar-refractivity contribution >= 4 is 17.6 Å². The van der Waals surface area contributed by atoms with E-state index in [4.69, 9.17) is 10.5 Å². The van der Waals surface area contributed by atoms with Gasteiger partial charge in [-0.25, -0.2) is 0 Å². The van der Waals surface area contributed by atoms with Gasteiger partial charge in [-0.2, -0.15) is 0 Å². The minimum atomic E-state index is -0.571. The van der Waals surface area contributed by atoms with Crippen LogP contribution >= 0.6 is 0 Å². The van der Waals surface area contributed by atoms with Crippen LogP contribution < -0.4 is 11.1 Å². The van der Waals surface area contributed by atoms with Crippen molar-refractivity contribution in [3.05, 3.63) is 6.42 Å². The summed E-state index contributed by atoms with van der Waals surface area (Å²) in [6.07, 6.45) is 9.23. The number of amides is 2. The third-order valence-corrected chi connectivity index (χ3v) is 4.82. The second kappa shape index (κ2) is 9.01. The molecule has 2 rings (SSSR count). The van der Waals surface area contributed by atoms with Crippen LogP contribution in [0.3, 0.4) is 0 Å². The molecule has 129 valence electrons. The molecular weight excluding hydrogens is 296 g/mol. The summed E-state index contributed by atoms with van der Waals surface area (Å²) in [4.78, 5) is 35.1. The van der Waals surface area contributed by atoms with E-state index in [2.05, 4.69) is 5.32 Å². The Morgan fingerprint density at radius 3 is 2.70 bits per heavy atom. The van der Waals surface area contributed by atoms with Crippen LogP contribution in [0.5, 0.6) is 0 Å². The van der Waals surface area contributed by atoms with Crippen LogP contribution in [-0.2, 0) is 19.1 Å². The minimum Gasteiger partial charge on any atom is -0.373 e. The molecule has 6 nitrogen and oxygen atoms in total. The van der Waals surface area contributed by atoms with Crippen molar-refractivity contribution in [1.29, 1.82) is 0 Å². The lowest BCUT2D eigenvalue weighted by Crippen LogP contribution is -2.52. The SMILES string of the molecule is NC(=O)CCC1COCC(=O)C1NC(=O)[CH]CC1CCCCC1. The molecule has 3 N–H and O–H groups in total. The largest absolute Gasteiger partial charge is 0.373 e. The second-order valence-electron chi connectivity index (χ2n) is 6.68. The van der Waals surface area contributed by atoms with Gasteiger partial charge < -0.3 is 15.8 Å². The number of carbonyl (C=O) groups excluding carboxylic acids is 3. The summed E-state index contributed by atoms with van der Waals surface area (Å²) in [6, 6.07) is -0.571. The van der Waals surface area contributed by atoms with E-state index in [1.54, 1.807) is 6.42 Å². The summed E-state index contributed by atoms with van der Waals surface area (Å²) < 4.78 is 5.23. The lowest BCUT2D eigenvalue weighted by molar-refractivity contribution is -0.137. The molecule has 1 radical (unpaired) electrons. The van der Waals surface area contributed by atoms with E-state index in [0.717, 1.165) is 6.42 Å². The van der Waals surface area contributed by atoms with Crippen molar-refractivity contribution < 1.29 is 19.1 Å². The van der Waals surface area contributed by atoms with Crippen LogP contribution in [0.25, 0.3) is 0 Å². The molecule has 1 saturated carbocycles. The van der Waals surface area contributed by atoms with Crippen molar-refractivity contribution in [2.45, 2.75) is 57.4 Å². The number of ether oxygens (including phenoxy) is 1. The van der Waals surface area contributed by atoms with Gasteiger partial charge in [-0.15, -0.1) is 0 Å². The molecule has 2 fully saturated rings. The van der Waals surface area contributed by atoms with Crippen LogP contribution in [0.15, 0.2) is 0 Å². The number of hydrogen-bond acceptors (Lipinski definition) is 4. The lowest BCUT2D eigenvalue weighted by atomic mass is 9.86. The molecule has 0 aromatic rings. The molecule has 0 aromatic heterocycles. The predicted molar refractivity (Wildman–Crippen MR) is 85.2 cm³/mol. The second-order valence-corrected chi connectivity index (χ2v) is 6.68. The maximum absolute atomic E-state index is 12.1. The third kappa shape index (κ3) is 5.94. The van der Waals surface area contributed by atoms with Gasteiger partial charge in [0.05, 0.1) is 12.6 Å². The van der Waals surface area contributed by atoms with Gasteiger partial charge in [-0.1, -0.05) is 32.1 Å². The van der Waals surface area contributed by atoms with Crippen molar-refractivity contribution in [2.75, 3.05) is 13.2 Å². The fourth-order valence-corrected chi connectivity index (χ4v) is 3.44. The first-order chi connectivity index (χ1) is 11.1. The van der Waals surface area contributed by atoms with E-state index >= 15 is 0 Å². The normalized spacial score (nSPS) is 26.0. The fourth-order valence-electron chi connectivity index (χ4n) is 3.44. The Morgan fingerprint density at radius 2 is 2.00 bits per heavy atom. The molecule has 1 aliphatic heterocycles. The monoisotopic (exact) mass is 323 g/mol. The van der Waals surface area contributed by atoms with E-state index in [0.29, 0.717) is 18.9 Å². The van der Waals surface area contributed by atoms with E-state index in [9.17, 15) is 14.4 Å². The van der Waals surface area contributed by atoms with E-state index < -0.39 is 11.9 Å². The molecule has 0 bridgehead atoms. The summed E-state index contributed by atoms with van der Waals surface area (Å²) in [7, 11) is 0. The van der Waals surface area contributed by atoms with Gasteiger partial charge in [0.25, 0.3) is 0 Å². The Labute approximate surface area is 137 Å². The van der Waals surface area contributed by atoms with Gasteiger partial charge in [0, 0.05) is 18.8 Å². The molecule has 1 heterocycles. The van der Waals surface area contributed by atoms with Gasteiger partial charge in [-0.3, -0.25) is 14.4 Å². The zero-order valence-corrected chi connectivity index (χ0v) is 13.6. The highest BCUT2D eigenvalue weighted by molar-refractivity contribution is 5.93. The van der Waals surface area contributed by atoms with E-state index in [1.165, 1.54) is 32.1 Å². The Bertz CT molecular complexity index is 432. The molecule has 2 unspecified atom stereocenters. The average molecular weight is 323 g/mol. The molecule has 23 heavy (non-hydrogen) atoms. The van der Waals surface area contributed by atoms with Crippen LogP contribution in [-0.4, -0.2) is 36.9 Å². The zero-order valence-electron chi connectivity index (χ0n) is 13.6. The Hall–Kier alpha value is -1.43. The first kappa shape index (κ1) is 17.9. The van der Waals surface area contributed by atoms with Crippen LogP contribution in [0.4, 0.5) is 0 Å². The highest BCUT2D eigenvalue weighted by Gasteiger charge is 2.33. The highest BCUT2D eigenvalue weighted by atomic mass is 16.5. The third-order valence-electron chi connectivity index (χ3n) is 4.82. The summed E-state index contributed by atoms with van der Waals surface area (Å²) in [6.45, 7) is 0.382. The molecule has 0 aromatic carbocycles. The fraction of sp³-hybridized carbons (Fsp3) is 0.765. The zero-order chi connectivity index (χ0) is 16.7. The molecule has 0 spiro atoms. The summed E-state index contributed by atoms with van der Waals surface area (Å²) >= 11 is 0. The molecule has 1 aliphatic carbocycles. The van der Waals surface area contributed by atoms with Crippen LogP contribution in [0.2, 0.25) is 0 Å². The minimum absolute atomic E-state index is 0.0145.